The maximum Gasteiger partial charge on any atom is 0.230 e. The third-order valence-electron chi connectivity index (χ3n) is 3.66. The molecule has 0 unspecified atom stereocenters. The highest BCUT2D eigenvalue weighted by Crippen LogP contribution is 2.39. The Kier molecular flexibility index (Phi) is 3.16. The van der Waals surface area contributed by atoms with Crippen LogP contribution in [0.1, 0.15) is 38.4 Å². The number of hydrogen-bond donors (Lipinski definition) is 1. The molecular weight excluding hydrogens is 224 g/mol. The van der Waals surface area contributed by atoms with Crippen LogP contribution in [0, 0.1) is 6.92 Å². The molecule has 2 rings (SSSR count). The molecule has 0 aliphatic heterocycles. The van der Waals surface area contributed by atoms with Crippen molar-refractivity contribution in [2.24, 2.45) is 0 Å². The summed E-state index contributed by atoms with van der Waals surface area (Å²) >= 11 is 0. The van der Waals surface area contributed by atoms with Crippen LogP contribution in [0.3, 0.4) is 0 Å². The van der Waals surface area contributed by atoms with Crippen molar-refractivity contribution in [2.45, 2.75) is 39.5 Å². The maximum atomic E-state index is 5.96. The van der Waals surface area contributed by atoms with Crippen LogP contribution in [0.4, 0.5) is 5.88 Å². The molecule has 0 aliphatic rings. The first kappa shape index (κ1) is 12.7. The van der Waals surface area contributed by atoms with Gasteiger partial charge in [0.05, 0.1) is 11.3 Å². The summed E-state index contributed by atoms with van der Waals surface area (Å²) in [6.07, 6.45) is 0.984. The predicted molar refractivity (Wildman–Crippen MR) is 74.4 cm³/mol. The Bertz CT molecular complexity index is 555. The van der Waals surface area contributed by atoms with Gasteiger partial charge in [-0.1, -0.05) is 50.2 Å². The van der Waals surface area contributed by atoms with Crippen LogP contribution in [0.2, 0.25) is 0 Å². The minimum Gasteiger partial charge on any atom is -0.367 e. The number of benzene rings is 1. The van der Waals surface area contributed by atoms with Gasteiger partial charge in [-0.05, 0) is 24.5 Å². The summed E-state index contributed by atoms with van der Waals surface area (Å²) in [7, 11) is 0. The zero-order valence-electron chi connectivity index (χ0n) is 11.4. The van der Waals surface area contributed by atoms with Crippen molar-refractivity contribution in [3.63, 3.8) is 0 Å². The van der Waals surface area contributed by atoms with Gasteiger partial charge < -0.3 is 10.3 Å². The van der Waals surface area contributed by atoms with E-state index in [4.69, 9.17) is 10.3 Å². The molecule has 18 heavy (non-hydrogen) atoms. The number of nitrogen functional groups attached to an aromatic ring is 1. The molecule has 1 aromatic carbocycles. The van der Waals surface area contributed by atoms with Crippen LogP contribution in [0.15, 0.2) is 28.8 Å². The molecule has 0 aliphatic carbocycles. The minimum absolute atomic E-state index is 0.0429. The summed E-state index contributed by atoms with van der Waals surface area (Å²) in [6, 6.07) is 8.17. The first-order valence-corrected chi connectivity index (χ1v) is 6.29. The van der Waals surface area contributed by atoms with E-state index in [9.17, 15) is 0 Å². The van der Waals surface area contributed by atoms with Crippen LogP contribution in [0.5, 0.6) is 0 Å². The number of aryl methyl sites for hydroxylation is 1. The third kappa shape index (κ3) is 2.01. The van der Waals surface area contributed by atoms with Gasteiger partial charge in [-0.15, -0.1) is 0 Å². The minimum atomic E-state index is -0.0429. The van der Waals surface area contributed by atoms with Gasteiger partial charge in [0, 0.05) is 5.41 Å². The maximum absolute atomic E-state index is 5.96. The average molecular weight is 244 g/mol. The second kappa shape index (κ2) is 4.48. The van der Waals surface area contributed by atoms with Gasteiger partial charge in [0.15, 0.2) is 0 Å². The predicted octanol–water partition coefficient (Wildman–Crippen LogP) is 3.92. The lowest BCUT2D eigenvalue weighted by molar-refractivity contribution is 0.391. The van der Waals surface area contributed by atoms with E-state index in [1.54, 1.807) is 0 Å². The fraction of sp³-hybridized carbons (Fsp3) is 0.400. The standard InChI is InChI=1S/C15H20N2O/c1-5-15(3,4)13-12(14(16)18-17-13)11-9-7-6-8-10(11)2/h6-9H,5,16H2,1-4H3. The van der Waals surface area contributed by atoms with Crippen LogP contribution in [0.25, 0.3) is 11.1 Å². The van der Waals surface area contributed by atoms with Gasteiger partial charge in [0.1, 0.15) is 0 Å². The number of nitrogens with zero attached hydrogens (tertiary/aromatic N) is 1. The molecule has 0 bridgehead atoms. The molecule has 0 fully saturated rings. The van der Waals surface area contributed by atoms with Crippen molar-refractivity contribution in [2.75, 3.05) is 5.73 Å². The second-order valence-corrected chi connectivity index (χ2v) is 5.32. The third-order valence-corrected chi connectivity index (χ3v) is 3.66. The lowest BCUT2D eigenvalue weighted by Crippen LogP contribution is -2.17. The number of nitrogens with two attached hydrogens (primary N) is 1. The summed E-state index contributed by atoms with van der Waals surface area (Å²) in [5, 5.41) is 4.18. The summed E-state index contributed by atoms with van der Waals surface area (Å²) in [5.74, 6) is 0.404. The van der Waals surface area contributed by atoms with Crippen LogP contribution in [-0.2, 0) is 5.41 Å². The Labute approximate surface area is 108 Å². The molecule has 1 aromatic heterocycles. The van der Waals surface area contributed by atoms with Gasteiger partial charge in [-0.25, -0.2) is 0 Å². The van der Waals surface area contributed by atoms with E-state index >= 15 is 0 Å². The average Bonchev–Trinajstić information content (AvgIpc) is 2.72. The Balaban J connectivity index is 2.65. The topological polar surface area (TPSA) is 52.0 Å². The van der Waals surface area contributed by atoms with Crippen molar-refractivity contribution in [3.8, 4) is 11.1 Å². The van der Waals surface area contributed by atoms with E-state index in [0.717, 1.165) is 23.2 Å². The van der Waals surface area contributed by atoms with E-state index < -0.39 is 0 Å². The molecule has 96 valence electrons. The Hall–Kier alpha value is -1.77. The molecule has 2 N–H and O–H groups in total. The lowest BCUT2D eigenvalue weighted by Gasteiger charge is -2.21. The number of anilines is 1. The van der Waals surface area contributed by atoms with Crippen LogP contribution >= 0.6 is 0 Å². The molecule has 0 amide bonds. The Morgan fingerprint density at radius 2 is 1.94 bits per heavy atom. The van der Waals surface area contributed by atoms with Crippen molar-refractivity contribution < 1.29 is 4.52 Å². The SMILES string of the molecule is CCC(C)(C)c1noc(N)c1-c1ccccc1C. The van der Waals surface area contributed by atoms with E-state index in [2.05, 4.69) is 45.0 Å². The molecule has 2 aromatic rings. The summed E-state index contributed by atoms with van der Waals surface area (Å²) in [4.78, 5) is 0. The summed E-state index contributed by atoms with van der Waals surface area (Å²) < 4.78 is 5.22. The van der Waals surface area contributed by atoms with Gasteiger partial charge in [-0.2, -0.15) is 0 Å². The normalized spacial score (nSPS) is 11.8. The highest BCUT2D eigenvalue weighted by atomic mass is 16.5. The molecule has 0 spiro atoms. The van der Waals surface area contributed by atoms with Crippen molar-refractivity contribution in [1.29, 1.82) is 0 Å². The number of aromatic nitrogens is 1. The van der Waals surface area contributed by atoms with E-state index in [-0.39, 0.29) is 5.41 Å². The van der Waals surface area contributed by atoms with E-state index in [1.165, 1.54) is 5.56 Å². The zero-order valence-corrected chi connectivity index (χ0v) is 11.4. The zero-order chi connectivity index (χ0) is 13.3. The molecule has 1 heterocycles. The van der Waals surface area contributed by atoms with Crippen molar-refractivity contribution in [1.82, 2.24) is 5.16 Å². The first-order valence-electron chi connectivity index (χ1n) is 6.29. The monoisotopic (exact) mass is 244 g/mol. The van der Waals surface area contributed by atoms with Gasteiger partial charge in [0.2, 0.25) is 5.88 Å². The first-order chi connectivity index (χ1) is 8.47. The largest absolute Gasteiger partial charge is 0.367 e. The summed E-state index contributed by atoms with van der Waals surface area (Å²) in [5.41, 5.74) is 10.1. The molecule has 3 heteroatoms. The second-order valence-electron chi connectivity index (χ2n) is 5.32. The van der Waals surface area contributed by atoms with E-state index in [0.29, 0.717) is 5.88 Å². The van der Waals surface area contributed by atoms with Gasteiger partial charge in [0.25, 0.3) is 0 Å². The fourth-order valence-electron chi connectivity index (χ4n) is 2.05. The fourth-order valence-corrected chi connectivity index (χ4v) is 2.05. The quantitative estimate of drug-likeness (QED) is 0.890. The number of rotatable bonds is 3. The number of hydrogen-bond acceptors (Lipinski definition) is 3. The molecule has 3 nitrogen and oxygen atoms in total. The molecule has 0 atom stereocenters. The highest BCUT2D eigenvalue weighted by Gasteiger charge is 2.29. The van der Waals surface area contributed by atoms with Crippen molar-refractivity contribution >= 4 is 5.88 Å². The van der Waals surface area contributed by atoms with Gasteiger partial charge >= 0.3 is 0 Å². The molecule has 0 saturated carbocycles. The van der Waals surface area contributed by atoms with Crippen molar-refractivity contribution in [3.05, 3.63) is 35.5 Å². The molecule has 0 radical (unpaired) electrons. The van der Waals surface area contributed by atoms with Crippen LogP contribution < -0.4 is 5.73 Å². The smallest absolute Gasteiger partial charge is 0.230 e. The Morgan fingerprint density at radius 1 is 1.28 bits per heavy atom. The van der Waals surface area contributed by atoms with Crippen LogP contribution in [-0.4, -0.2) is 5.16 Å². The van der Waals surface area contributed by atoms with Gasteiger partial charge in [-0.3, -0.25) is 0 Å². The highest BCUT2D eigenvalue weighted by molar-refractivity contribution is 5.78. The lowest BCUT2D eigenvalue weighted by atomic mass is 9.82. The Morgan fingerprint density at radius 3 is 2.56 bits per heavy atom. The molecular formula is C15H20N2O. The summed E-state index contributed by atoms with van der Waals surface area (Å²) in [6.45, 7) is 8.54. The van der Waals surface area contributed by atoms with E-state index in [1.807, 2.05) is 12.1 Å². The molecule has 0 saturated heterocycles.